The fourth-order valence-electron chi connectivity index (χ4n) is 5.35. The van der Waals surface area contributed by atoms with E-state index in [1.54, 1.807) is 18.3 Å². The van der Waals surface area contributed by atoms with E-state index in [4.69, 9.17) is 4.74 Å². The molecule has 1 N–H and O–H groups in total. The van der Waals surface area contributed by atoms with Gasteiger partial charge in [0.15, 0.2) is 0 Å². The van der Waals surface area contributed by atoms with Crippen molar-refractivity contribution < 1.29 is 9.84 Å². The lowest BCUT2D eigenvalue weighted by Crippen LogP contribution is -2.46. The summed E-state index contributed by atoms with van der Waals surface area (Å²) >= 11 is 0. The van der Waals surface area contributed by atoms with Crippen LogP contribution < -0.4 is 15.2 Å². The summed E-state index contributed by atoms with van der Waals surface area (Å²) in [5, 5.41) is 14.1. The Morgan fingerprint density at radius 2 is 1.64 bits per heavy atom. The molecule has 2 aliphatic rings. The van der Waals surface area contributed by atoms with Gasteiger partial charge in [-0.05, 0) is 42.2 Å². The van der Waals surface area contributed by atoms with Crippen LogP contribution >= 0.6 is 0 Å². The molecule has 1 aliphatic carbocycles. The van der Waals surface area contributed by atoms with Crippen LogP contribution in [-0.2, 0) is 6.54 Å². The Labute approximate surface area is 212 Å². The summed E-state index contributed by atoms with van der Waals surface area (Å²) in [6.45, 7) is 4.76. The van der Waals surface area contributed by atoms with E-state index in [0.717, 1.165) is 50.5 Å². The maximum atomic E-state index is 13.6. The highest BCUT2D eigenvalue weighted by Gasteiger charge is 2.24. The maximum Gasteiger partial charge on any atom is 0.316 e. The zero-order valence-corrected chi connectivity index (χ0v) is 20.9. The van der Waals surface area contributed by atoms with Crippen molar-refractivity contribution in [2.75, 3.05) is 37.7 Å². The molecule has 0 radical (unpaired) electrons. The van der Waals surface area contributed by atoms with Crippen LogP contribution in [0.2, 0.25) is 0 Å². The smallest absolute Gasteiger partial charge is 0.316 e. The van der Waals surface area contributed by atoms with E-state index in [0.29, 0.717) is 18.3 Å². The van der Waals surface area contributed by atoms with E-state index in [2.05, 4.69) is 14.9 Å². The number of para-hydroxylation sites is 1. The second-order valence-corrected chi connectivity index (χ2v) is 9.98. The standard InChI is InChI=1S/C29H36N4O3/c34-26-13-11-24(12-14-26)22-31-16-18-32(19-17-31)27-21-30-33(25-9-5-2-6-10-25)29(35)28(27)36-20-15-23-7-3-1-4-8-23/h2,5-6,9-14,21,23,34H,1,3-4,7-8,15-20,22H2. The molecule has 0 spiro atoms. The second kappa shape index (κ2) is 11.6. The van der Waals surface area contributed by atoms with Crippen molar-refractivity contribution in [2.45, 2.75) is 45.1 Å². The van der Waals surface area contributed by atoms with Gasteiger partial charge in [-0.3, -0.25) is 9.69 Å². The van der Waals surface area contributed by atoms with E-state index in [-0.39, 0.29) is 11.3 Å². The molecule has 1 saturated carbocycles. The first kappa shape index (κ1) is 24.4. The number of aromatic nitrogens is 2. The van der Waals surface area contributed by atoms with E-state index in [1.807, 2.05) is 42.5 Å². The Kier molecular flexibility index (Phi) is 7.86. The molecule has 3 aromatic rings. The van der Waals surface area contributed by atoms with Crippen LogP contribution in [0.15, 0.2) is 65.6 Å². The number of rotatable bonds is 8. The minimum Gasteiger partial charge on any atom is -0.508 e. The fourth-order valence-corrected chi connectivity index (χ4v) is 5.35. The molecule has 2 aromatic carbocycles. The quantitative estimate of drug-likeness (QED) is 0.499. The van der Waals surface area contributed by atoms with Gasteiger partial charge in [-0.2, -0.15) is 9.78 Å². The summed E-state index contributed by atoms with van der Waals surface area (Å²) in [5.74, 6) is 1.40. The third-order valence-electron chi connectivity index (χ3n) is 7.47. The van der Waals surface area contributed by atoms with Crippen LogP contribution in [0, 0.1) is 5.92 Å². The Hall–Kier alpha value is -3.32. The van der Waals surface area contributed by atoms with Gasteiger partial charge < -0.3 is 14.7 Å². The summed E-state index contributed by atoms with van der Waals surface area (Å²) in [7, 11) is 0. The van der Waals surface area contributed by atoms with Gasteiger partial charge in [-0.25, -0.2) is 0 Å². The number of phenolic OH excluding ortho intramolecular Hbond substituents is 1. The summed E-state index contributed by atoms with van der Waals surface area (Å²) in [4.78, 5) is 18.2. The molecule has 36 heavy (non-hydrogen) atoms. The molecule has 7 heteroatoms. The molecule has 2 fully saturated rings. The van der Waals surface area contributed by atoms with Gasteiger partial charge in [0.25, 0.3) is 0 Å². The second-order valence-electron chi connectivity index (χ2n) is 9.98. The van der Waals surface area contributed by atoms with Crippen molar-refractivity contribution in [1.29, 1.82) is 0 Å². The van der Waals surface area contributed by atoms with E-state index >= 15 is 0 Å². The summed E-state index contributed by atoms with van der Waals surface area (Å²) < 4.78 is 7.71. The monoisotopic (exact) mass is 488 g/mol. The molecular formula is C29H36N4O3. The van der Waals surface area contributed by atoms with Gasteiger partial charge in [-0.15, -0.1) is 0 Å². The molecule has 0 atom stereocenters. The Balaban J connectivity index is 1.31. The Morgan fingerprint density at radius 1 is 0.917 bits per heavy atom. The molecule has 1 aromatic heterocycles. The third-order valence-corrected chi connectivity index (χ3v) is 7.47. The van der Waals surface area contributed by atoms with E-state index < -0.39 is 0 Å². The molecule has 190 valence electrons. The number of nitrogens with zero attached hydrogens (tertiary/aromatic N) is 4. The molecule has 5 rings (SSSR count). The molecule has 7 nitrogen and oxygen atoms in total. The molecular weight excluding hydrogens is 452 g/mol. The minimum absolute atomic E-state index is 0.200. The summed E-state index contributed by atoms with van der Waals surface area (Å²) in [6, 6.07) is 16.9. The number of hydrogen-bond acceptors (Lipinski definition) is 6. The number of benzene rings is 2. The molecule has 2 heterocycles. The molecule has 1 saturated heterocycles. The van der Waals surface area contributed by atoms with E-state index in [9.17, 15) is 9.90 Å². The number of piperazine rings is 1. The van der Waals surface area contributed by atoms with Gasteiger partial charge in [0.05, 0.1) is 18.5 Å². The summed E-state index contributed by atoms with van der Waals surface area (Å²) in [5.41, 5.74) is 2.51. The average molecular weight is 489 g/mol. The predicted molar refractivity (Wildman–Crippen MR) is 142 cm³/mol. The molecule has 0 bridgehead atoms. The van der Waals surface area contributed by atoms with E-state index in [1.165, 1.54) is 42.3 Å². The lowest BCUT2D eigenvalue weighted by Gasteiger charge is -2.36. The number of aromatic hydroxyl groups is 1. The number of ether oxygens (including phenoxy) is 1. The largest absolute Gasteiger partial charge is 0.508 e. The lowest BCUT2D eigenvalue weighted by molar-refractivity contribution is 0.237. The number of phenols is 1. The first-order chi connectivity index (χ1) is 17.7. The first-order valence-corrected chi connectivity index (χ1v) is 13.2. The fraction of sp³-hybridized carbons (Fsp3) is 0.448. The minimum atomic E-state index is -0.200. The topological polar surface area (TPSA) is 70.8 Å². The van der Waals surface area contributed by atoms with Gasteiger partial charge in [-0.1, -0.05) is 62.4 Å². The average Bonchev–Trinajstić information content (AvgIpc) is 2.92. The van der Waals surface area contributed by atoms with Crippen molar-refractivity contribution >= 4 is 5.69 Å². The van der Waals surface area contributed by atoms with Gasteiger partial charge >= 0.3 is 5.56 Å². The van der Waals surface area contributed by atoms with Crippen molar-refractivity contribution in [2.24, 2.45) is 5.92 Å². The van der Waals surface area contributed by atoms with Crippen molar-refractivity contribution in [1.82, 2.24) is 14.7 Å². The SMILES string of the molecule is O=c1c(OCCC2CCCCC2)c(N2CCN(Cc3ccc(O)cc3)CC2)cnn1-c1ccccc1. The van der Waals surface area contributed by atoms with Crippen LogP contribution in [0.1, 0.15) is 44.1 Å². The highest BCUT2D eigenvalue weighted by Crippen LogP contribution is 2.29. The van der Waals surface area contributed by atoms with Gasteiger partial charge in [0, 0.05) is 32.7 Å². The first-order valence-electron chi connectivity index (χ1n) is 13.2. The predicted octanol–water partition coefficient (Wildman–Crippen LogP) is 4.61. The van der Waals surface area contributed by atoms with Gasteiger partial charge in [0.2, 0.25) is 5.75 Å². The normalized spacial score (nSPS) is 17.3. The molecule has 0 unspecified atom stereocenters. The maximum absolute atomic E-state index is 13.6. The van der Waals surface area contributed by atoms with Crippen LogP contribution in [0.5, 0.6) is 11.5 Å². The lowest BCUT2D eigenvalue weighted by atomic mass is 9.87. The van der Waals surface area contributed by atoms with Crippen LogP contribution in [0.25, 0.3) is 5.69 Å². The van der Waals surface area contributed by atoms with Crippen LogP contribution in [-0.4, -0.2) is 52.6 Å². The number of hydrogen-bond donors (Lipinski definition) is 1. The van der Waals surface area contributed by atoms with Crippen molar-refractivity contribution in [3.63, 3.8) is 0 Å². The highest BCUT2D eigenvalue weighted by atomic mass is 16.5. The zero-order chi connectivity index (χ0) is 24.7. The number of anilines is 1. The molecule has 1 aliphatic heterocycles. The Bertz CT molecular complexity index is 1170. The van der Waals surface area contributed by atoms with Crippen LogP contribution in [0.4, 0.5) is 5.69 Å². The van der Waals surface area contributed by atoms with Crippen molar-refractivity contribution in [3.8, 4) is 17.2 Å². The summed E-state index contributed by atoms with van der Waals surface area (Å²) in [6.07, 6.45) is 9.27. The zero-order valence-electron chi connectivity index (χ0n) is 20.9. The third kappa shape index (κ3) is 5.90. The Morgan fingerprint density at radius 3 is 2.36 bits per heavy atom. The highest BCUT2D eigenvalue weighted by molar-refractivity contribution is 5.57. The molecule has 0 amide bonds. The van der Waals surface area contributed by atoms with Gasteiger partial charge in [0.1, 0.15) is 11.4 Å². The van der Waals surface area contributed by atoms with Crippen molar-refractivity contribution in [3.05, 3.63) is 76.7 Å². The van der Waals surface area contributed by atoms with Crippen LogP contribution in [0.3, 0.4) is 0 Å².